The number of aliphatic hydroxyl groups is 1. The number of hydrogen-bond donors (Lipinski definition) is 3. The van der Waals surface area contributed by atoms with Crippen LogP contribution in [0.3, 0.4) is 0 Å². The van der Waals surface area contributed by atoms with E-state index >= 15 is 0 Å². The largest absolute Gasteiger partial charge is 0.472 e. The lowest BCUT2D eigenvalue weighted by Crippen LogP contribution is -2.30. The van der Waals surface area contributed by atoms with Gasteiger partial charge in [-0.25, -0.2) is 9.13 Å². The second kappa shape index (κ2) is 84.7. The van der Waals surface area contributed by atoms with Crippen LogP contribution < -0.4 is 0 Å². The van der Waals surface area contributed by atoms with Crippen molar-refractivity contribution in [2.24, 2.45) is 17.8 Å². The molecule has 0 radical (unpaired) electrons. The highest BCUT2D eigenvalue weighted by Gasteiger charge is 2.31. The molecule has 0 amide bonds. The molecule has 114 heavy (non-hydrogen) atoms. The minimum absolute atomic E-state index is 0.108. The van der Waals surface area contributed by atoms with E-state index in [0.29, 0.717) is 31.6 Å². The average Bonchev–Trinajstić information content (AvgIpc) is 0.898. The molecule has 0 saturated carbocycles. The third-order valence-corrected chi connectivity index (χ3v) is 24.6. The number of aliphatic hydroxyl groups excluding tert-OH is 1. The first-order valence-electron chi connectivity index (χ1n) is 48.9. The maximum atomic E-state index is 13.2. The molecule has 3 N–H and O–H groups in total. The average molecular weight is 1660 g/mol. The normalized spacial score (nSPS) is 14.0. The molecule has 17 nitrogen and oxygen atoms in total. The van der Waals surface area contributed by atoms with Crippen molar-refractivity contribution in [2.45, 2.75) is 529 Å². The minimum Gasteiger partial charge on any atom is -0.462 e. The van der Waals surface area contributed by atoms with Crippen LogP contribution >= 0.6 is 15.6 Å². The Kier molecular flexibility index (Phi) is 83.2. The van der Waals surface area contributed by atoms with Gasteiger partial charge in [-0.05, 0) is 43.4 Å². The Bertz CT molecular complexity index is 2190. The summed E-state index contributed by atoms with van der Waals surface area (Å²) in [6, 6.07) is 0. The number of phosphoric ester groups is 2. The number of carbonyl (C=O) groups is 4. The van der Waals surface area contributed by atoms with Gasteiger partial charge >= 0.3 is 39.5 Å². The monoisotopic (exact) mass is 1660 g/mol. The molecule has 3 unspecified atom stereocenters. The van der Waals surface area contributed by atoms with Crippen LogP contribution in [0, 0.1) is 17.8 Å². The Balaban J connectivity index is 5.20. The van der Waals surface area contributed by atoms with Gasteiger partial charge in [0.15, 0.2) is 12.2 Å². The summed E-state index contributed by atoms with van der Waals surface area (Å²) in [6.07, 6.45) is 79.5. The SMILES string of the molecule is CCCCCCCCCCCCCCCCCCCCCCCC(=O)O[C@H](COC(=O)CCCCCCCCCC(C)C)COP(=O)(O)OC[C@H](O)COP(=O)(O)OC[C@@H](COC(=O)CCCCCCCCCCCCCCCCCCCCC(C)C)OC(=O)CCCCCCCCCCCCCCCCCCCCC(C)CC. The quantitative estimate of drug-likeness (QED) is 0.0222. The molecule has 0 rings (SSSR count). The van der Waals surface area contributed by atoms with Gasteiger partial charge in [0.05, 0.1) is 26.4 Å². The van der Waals surface area contributed by atoms with Crippen LogP contribution in [0.2, 0.25) is 0 Å². The topological polar surface area (TPSA) is 237 Å². The highest BCUT2D eigenvalue weighted by molar-refractivity contribution is 7.47. The van der Waals surface area contributed by atoms with Crippen molar-refractivity contribution in [3.63, 3.8) is 0 Å². The summed E-state index contributed by atoms with van der Waals surface area (Å²) in [7, 11) is -9.94. The van der Waals surface area contributed by atoms with Crippen LogP contribution in [0.25, 0.3) is 0 Å². The molecule has 0 spiro atoms. The van der Waals surface area contributed by atoms with Gasteiger partial charge in [0.2, 0.25) is 0 Å². The van der Waals surface area contributed by atoms with E-state index in [-0.39, 0.29) is 25.7 Å². The highest BCUT2D eigenvalue weighted by Crippen LogP contribution is 2.45. The minimum atomic E-state index is -4.97. The summed E-state index contributed by atoms with van der Waals surface area (Å²) in [5.41, 5.74) is 0. The van der Waals surface area contributed by atoms with Gasteiger partial charge in [0.1, 0.15) is 19.3 Å². The number of esters is 4. The standard InChI is InChI=1S/C95H186O17P2/c1-8-10-11-12-13-14-15-16-17-18-19-20-21-29-34-39-44-49-56-64-72-79-95(100)112-91(83-106-93(98)77-70-63-58-51-53-60-67-74-87(5)6)85-110-114(103,104)108-81-89(96)80-107-113(101,102)109-84-90(82-105-92(97)76-69-62-55-48-43-38-33-28-24-22-26-31-36-41-46-52-59-66-73-86(3)4)111-94(99)78-71-65-57-50-45-40-35-30-25-23-27-32-37-42-47-54-61-68-75-88(7)9-2/h86-91,96H,8-85H2,1-7H3,(H,101,102)(H,103,104)/t88?,89-,90-,91-/m1/s1. The summed E-state index contributed by atoms with van der Waals surface area (Å²) in [6.45, 7) is 12.1. The molecular weight excluding hydrogens is 1470 g/mol. The Morgan fingerprint density at radius 2 is 0.447 bits per heavy atom. The van der Waals surface area contributed by atoms with Crippen molar-refractivity contribution >= 4 is 39.5 Å². The van der Waals surface area contributed by atoms with Crippen LogP contribution in [0.1, 0.15) is 511 Å². The van der Waals surface area contributed by atoms with E-state index in [4.69, 9.17) is 37.0 Å². The lowest BCUT2D eigenvalue weighted by Gasteiger charge is -2.21. The zero-order chi connectivity index (χ0) is 83.6. The molecule has 0 bridgehead atoms. The Morgan fingerprint density at radius 3 is 0.667 bits per heavy atom. The van der Waals surface area contributed by atoms with Crippen LogP contribution in [0.5, 0.6) is 0 Å². The zero-order valence-electron chi connectivity index (χ0n) is 75.6. The van der Waals surface area contributed by atoms with E-state index < -0.39 is 97.5 Å². The summed E-state index contributed by atoms with van der Waals surface area (Å²) in [4.78, 5) is 73.5. The molecule has 0 aliphatic rings. The first-order valence-corrected chi connectivity index (χ1v) is 51.9. The fourth-order valence-electron chi connectivity index (χ4n) is 14.9. The van der Waals surface area contributed by atoms with Gasteiger partial charge in [-0.3, -0.25) is 37.3 Å². The van der Waals surface area contributed by atoms with Gasteiger partial charge in [-0.1, -0.05) is 459 Å². The molecular formula is C95H186O17P2. The van der Waals surface area contributed by atoms with Crippen LogP contribution in [0.4, 0.5) is 0 Å². The Labute approximate surface area is 702 Å². The van der Waals surface area contributed by atoms with Crippen molar-refractivity contribution in [2.75, 3.05) is 39.6 Å². The van der Waals surface area contributed by atoms with Crippen LogP contribution in [-0.2, 0) is 65.4 Å². The molecule has 0 aromatic carbocycles. The summed E-state index contributed by atoms with van der Waals surface area (Å²) >= 11 is 0. The van der Waals surface area contributed by atoms with Gasteiger partial charge in [-0.2, -0.15) is 0 Å². The van der Waals surface area contributed by atoms with Crippen LogP contribution in [0.15, 0.2) is 0 Å². The predicted molar refractivity (Wildman–Crippen MR) is 474 cm³/mol. The molecule has 0 aromatic heterocycles. The van der Waals surface area contributed by atoms with Crippen molar-refractivity contribution in [1.29, 1.82) is 0 Å². The molecule has 0 aromatic rings. The van der Waals surface area contributed by atoms with E-state index in [1.165, 1.54) is 315 Å². The van der Waals surface area contributed by atoms with E-state index in [1.54, 1.807) is 0 Å². The van der Waals surface area contributed by atoms with Gasteiger partial charge in [0.25, 0.3) is 0 Å². The predicted octanol–water partition coefficient (Wildman–Crippen LogP) is 29.6. The van der Waals surface area contributed by atoms with E-state index in [0.717, 1.165) is 108 Å². The third kappa shape index (κ3) is 86.4. The number of carbonyl (C=O) groups excluding carboxylic acids is 4. The van der Waals surface area contributed by atoms with E-state index in [9.17, 15) is 43.2 Å². The number of ether oxygens (including phenoxy) is 4. The summed E-state index contributed by atoms with van der Waals surface area (Å²) < 4.78 is 69.1. The van der Waals surface area contributed by atoms with E-state index in [2.05, 4.69) is 48.5 Å². The third-order valence-electron chi connectivity index (χ3n) is 22.7. The first kappa shape index (κ1) is 112. The van der Waals surface area contributed by atoms with Crippen molar-refractivity contribution in [1.82, 2.24) is 0 Å². The first-order chi connectivity index (χ1) is 55.3. The fraction of sp³-hybridized carbons (Fsp3) is 0.958. The molecule has 0 saturated heterocycles. The summed E-state index contributed by atoms with van der Waals surface area (Å²) in [5.74, 6) is 0.303. The maximum absolute atomic E-state index is 13.2. The highest BCUT2D eigenvalue weighted by atomic mass is 31.2. The molecule has 0 heterocycles. The van der Waals surface area contributed by atoms with Gasteiger partial charge in [0, 0.05) is 25.7 Å². The van der Waals surface area contributed by atoms with Gasteiger partial charge < -0.3 is 33.8 Å². The molecule has 678 valence electrons. The second-order valence-electron chi connectivity index (χ2n) is 35.3. The molecule has 6 atom stereocenters. The zero-order valence-corrected chi connectivity index (χ0v) is 77.4. The molecule has 19 heteroatoms. The number of hydrogen-bond acceptors (Lipinski definition) is 15. The van der Waals surface area contributed by atoms with Gasteiger partial charge in [-0.15, -0.1) is 0 Å². The van der Waals surface area contributed by atoms with Crippen molar-refractivity contribution in [3.8, 4) is 0 Å². The second-order valence-corrected chi connectivity index (χ2v) is 38.2. The Hall–Kier alpha value is -1.94. The van der Waals surface area contributed by atoms with Crippen molar-refractivity contribution in [3.05, 3.63) is 0 Å². The lowest BCUT2D eigenvalue weighted by molar-refractivity contribution is -0.161. The number of phosphoric acid groups is 2. The van der Waals surface area contributed by atoms with Crippen LogP contribution in [-0.4, -0.2) is 96.7 Å². The fourth-order valence-corrected chi connectivity index (χ4v) is 16.5. The summed E-state index contributed by atoms with van der Waals surface area (Å²) in [5, 5.41) is 10.7. The van der Waals surface area contributed by atoms with E-state index in [1.807, 2.05) is 0 Å². The smallest absolute Gasteiger partial charge is 0.462 e. The lowest BCUT2D eigenvalue weighted by atomic mass is 9.99. The van der Waals surface area contributed by atoms with Crippen molar-refractivity contribution < 1.29 is 80.2 Å². The maximum Gasteiger partial charge on any atom is 0.472 e. The number of rotatable bonds is 93. The number of unbranched alkanes of at least 4 members (excludes halogenated alkanes) is 60. The molecule has 0 aliphatic carbocycles. The Morgan fingerprint density at radius 1 is 0.254 bits per heavy atom. The molecule has 0 aliphatic heterocycles. The molecule has 0 fully saturated rings.